The lowest BCUT2D eigenvalue weighted by Gasteiger charge is -2.20. The topological polar surface area (TPSA) is 68.7 Å². The Hall–Kier alpha value is -2.16. The highest BCUT2D eigenvalue weighted by Gasteiger charge is 2.24. The Kier molecular flexibility index (Phi) is 4.10. The molecule has 25 heavy (non-hydrogen) atoms. The fourth-order valence-electron chi connectivity index (χ4n) is 2.63. The maximum Gasteiger partial charge on any atom is 0.243 e. The summed E-state index contributed by atoms with van der Waals surface area (Å²) in [5, 5.41) is 0.754. The van der Waals surface area contributed by atoms with Crippen molar-refractivity contribution in [1.82, 2.24) is 9.29 Å². The predicted molar refractivity (Wildman–Crippen MR) is 95.7 cm³/mol. The maximum atomic E-state index is 12.8. The van der Waals surface area contributed by atoms with Crippen molar-refractivity contribution in [2.45, 2.75) is 11.4 Å². The quantitative estimate of drug-likeness (QED) is 0.700. The minimum absolute atomic E-state index is 0.181. The zero-order valence-electron chi connectivity index (χ0n) is 13.5. The summed E-state index contributed by atoms with van der Waals surface area (Å²) in [4.78, 5) is 4.68. The van der Waals surface area contributed by atoms with Crippen LogP contribution in [0.1, 0.15) is 5.01 Å². The molecular formula is C17H16N2O4S2. The molecule has 1 aromatic heterocycles. The van der Waals surface area contributed by atoms with E-state index in [0.717, 1.165) is 15.2 Å². The highest BCUT2D eigenvalue weighted by atomic mass is 32.2. The van der Waals surface area contributed by atoms with Crippen LogP contribution in [0.5, 0.6) is 11.5 Å². The number of para-hydroxylation sites is 1. The van der Waals surface area contributed by atoms with Crippen LogP contribution in [0.3, 0.4) is 0 Å². The summed E-state index contributed by atoms with van der Waals surface area (Å²) in [6.07, 6.45) is 0. The number of sulfonamides is 1. The van der Waals surface area contributed by atoms with E-state index in [1.807, 2.05) is 24.3 Å². The van der Waals surface area contributed by atoms with Gasteiger partial charge in [0.05, 0.1) is 21.7 Å². The summed E-state index contributed by atoms with van der Waals surface area (Å²) in [6, 6.07) is 12.4. The molecule has 4 rings (SSSR count). The molecule has 0 atom stereocenters. The second-order valence-electron chi connectivity index (χ2n) is 5.64. The van der Waals surface area contributed by atoms with Gasteiger partial charge in [-0.05, 0) is 24.3 Å². The Bertz CT molecular complexity index is 997. The third kappa shape index (κ3) is 3.08. The molecule has 130 valence electrons. The molecule has 0 bridgehead atoms. The first-order valence-corrected chi connectivity index (χ1v) is 10.0. The summed E-state index contributed by atoms with van der Waals surface area (Å²) < 4.78 is 39.0. The third-order valence-corrected chi connectivity index (χ3v) is 6.74. The SMILES string of the molecule is CN(Cc1nc2ccccc2s1)S(=O)(=O)c1ccc2c(c1)OCCO2. The summed E-state index contributed by atoms with van der Waals surface area (Å²) in [7, 11) is -2.09. The number of aromatic nitrogens is 1. The fraction of sp³-hybridized carbons (Fsp3) is 0.235. The van der Waals surface area contributed by atoms with E-state index in [-0.39, 0.29) is 11.4 Å². The highest BCUT2D eigenvalue weighted by molar-refractivity contribution is 7.89. The second kappa shape index (κ2) is 6.29. The monoisotopic (exact) mass is 376 g/mol. The van der Waals surface area contributed by atoms with Crippen molar-refractivity contribution in [2.24, 2.45) is 0 Å². The zero-order valence-corrected chi connectivity index (χ0v) is 15.1. The van der Waals surface area contributed by atoms with E-state index >= 15 is 0 Å². The molecule has 1 aliphatic heterocycles. The molecule has 6 nitrogen and oxygen atoms in total. The van der Waals surface area contributed by atoms with Crippen molar-refractivity contribution < 1.29 is 17.9 Å². The third-order valence-electron chi connectivity index (χ3n) is 3.92. The first-order valence-electron chi connectivity index (χ1n) is 7.74. The lowest BCUT2D eigenvalue weighted by atomic mass is 10.3. The number of thiazole rings is 1. The van der Waals surface area contributed by atoms with Gasteiger partial charge in [-0.3, -0.25) is 0 Å². The minimum atomic E-state index is -3.64. The van der Waals surface area contributed by atoms with Gasteiger partial charge in [0, 0.05) is 13.1 Å². The fourth-order valence-corrected chi connectivity index (χ4v) is 4.88. The van der Waals surface area contributed by atoms with Gasteiger partial charge >= 0.3 is 0 Å². The molecule has 0 aliphatic carbocycles. The van der Waals surface area contributed by atoms with E-state index in [1.165, 1.54) is 27.8 Å². The summed E-state index contributed by atoms with van der Waals surface area (Å²) in [6.45, 7) is 1.10. The molecule has 2 aromatic carbocycles. The van der Waals surface area contributed by atoms with Gasteiger partial charge in [0.1, 0.15) is 18.2 Å². The predicted octanol–water partition coefficient (Wildman–Crippen LogP) is 2.89. The van der Waals surface area contributed by atoms with Gasteiger partial charge in [0.25, 0.3) is 0 Å². The molecule has 8 heteroatoms. The Morgan fingerprint density at radius 3 is 2.68 bits per heavy atom. The largest absolute Gasteiger partial charge is 0.486 e. The lowest BCUT2D eigenvalue weighted by molar-refractivity contribution is 0.171. The number of nitrogens with zero attached hydrogens (tertiary/aromatic N) is 2. The van der Waals surface area contributed by atoms with Crippen LogP contribution < -0.4 is 9.47 Å². The van der Waals surface area contributed by atoms with Crippen molar-refractivity contribution in [3.05, 3.63) is 47.5 Å². The Morgan fingerprint density at radius 2 is 1.88 bits per heavy atom. The molecule has 0 amide bonds. The van der Waals surface area contributed by atoms with Crippen LogP contribution in [-0.2, 0) is 16.6 Å². The summed E-state index contributed by atoms with van der Waals surface area (Å²) >= 11 is 1.50. The number of hydrogen-bond acceptors (Lipinski definition) is 6. The van der Waals surface area contributed by atoms with E-state index in [0.29, 0.717) is 24.7 Å². The van der Waals surface area contributed by atoms with Crippen molar-refractivity contribution in [1.29, 1.82) is 0 Å². The minimum Gasteiger partial charge on any atom is -0.486 e. The summed E-state index contributed by atoms with van der Waals surface area (Å²) in [5.41, 5.74) is 0.882. The number of hydrogen-bond donors (Lipinski definition) is 0. The van der Waals surface area contributed by atoms with Crippen molar-refractivity contribution >= 4 is 31.6 Å². The first kappa shape index (κ1) is 16.3. The van der Waals surface area contributed by atoms with Gasteiger partial charge in [-0.15, -0.1) is 11.3 Å². The van der Waals surface area contributed by atoms with Gasteiger partial charge in [-0.2, -0.15) is 4.31 Å². The van der Waals surface area contributed by atoms with Gasteiger partial charge in [-0.1, -0.05) is 12.1 Å². The molecular weight excluding hydrogens is 360 g/mol. The van der Waals surface area contributed by atoms with Gasteiger partial charge in [0.2, 0.25) is 10.0 Å². The smallest absolute Gasteiger partial charge is 0.243 e. The van der Waals surface area contributed by atoms with E-state index in [4.69, 9.17) is 9.47 Å². The molecule has 0 saturated carbocycles. The molecule has 2 heterocycles. The maximum absolute atomic E-state index is 12.8. The van der Waals surface area contributed by atoms with Crippen LogP contribution in [0, 0.1) is 0 Å². The Morgan fingerprint density at radius 1 is 1.12 bits per heavy atom. The standard InChI is InChI=1S/C17H16N2O4S2/c1-19(11-17-18-13-4-2-3-5-16(13)24-17)25(20,21)12-6-7-14-15(10-12)23-9-8-22-14/h2-7,10H,8-9,11H2,1H3. The number of rotatable bonds is 4. The molecule has 1 aliphatic rings. The van der Waals surface area contributed by atoms with Gasteiger partial charge < -0.3 is 9.47 Å². The van der Waals surface area contributed by atoms with Crippen molar-refractivity contribution in [3.8, 4) is 11.5 Å². The number of fused-ring (bicyclic) bond motifs is 2. The van der Waals surface area contributed by atoms with Crippen LogP contribution in [0.4, 0.5) is 0 Å². The number of ether oxygens (including phenoxy) is 2. The first-order chi connectivity index (χ1) is 12.0. The molecule has 0 unspecified atom stereocenters. The average Bonchev–Trinajstić information content (AvgIpc) is 3.03. The molecule has 0 saturated heterocycles. The normalized spacial score (nSPS) is 14.2. The van der Waals surface area contributed by atoms with E-state index in [1.54, 1.807) is 13.1 Å². The van der Waals surface area contributed by atoms with E-state index < -0.39 is 10.0 Å². The number of benzene rings is 2. The molecule has 0 fully saturated rings. The van der Waals surface area contributed by atoms with Crippen LogP contribution in [0.15, 0.2) is 47.4 Å². The molecule has 0 N–H and O–H groups in total. The highest BCUT2D eigenvalue weighted by Crippen LogP contribution is 2.33. The lowest BCUT2D eigenvalue weighted by Crippen LogP contribution is -2.26. The molecule has 0 radical (unpaired) electrons. The molecule has 3 aromatic rings. The summed E-state index contributed by atoms with van der Waals surface area (Å²) in [5.74, 6) is 1.03. The van der Waals surface area contributed by atoms with E-state index in [9.17, 15) is 8.42 Å². The van der Waals surface area contributed by atoms with Crippen LogP contribution in [-0.4, -0.2) is 38.0 Å². The van der Waals surface area contributed by atoms with Crippen LogP contribution >= 0.6 is 11.3 Å². The van der Waals surface area contributed by atoms with Gasteiger partial charge in [0.15, 0.2) is 11.5 Å². The van der Waals surface area contributed by atoms with Crippen molar-refractivity contribution in [3.63, 3.8) is 0 Å². The van der Waals surface area contributed by atoms with Crippen LogP contribution in [0.25, 0.3) is 10.2 Å². The second-order valence-corrected chi connectivity index (χ2v) is 8.80. The van der Waals surface area contributed by atoms with Crippen molar-refractivity contribution in [2.75, 3.05) is 20.3 Å². The average molecular weight is 376 g/mol. The molecule has 0 spiro atoms. The van der Waals surface area contributed by atoms with Gasteiger partial charge in [-0.25, -0.2) is 13.4 Å². The van der Waals surface area contributed by atoms with E-state index in [2.05, 4.69) is 4.98 Å². The Labute approximate surface area is 149 Å². The zero-order chi connectivity index (χ0) is 17.4. The Balaban J connectivity index is 1.60. The van der Waals surface area contributed by atoms with Crippen LogP contribution in [0.2, 0.25) is 0 Å².